The predicted molar refractivity (Wildman–Crippen MR) is 92.4 cm³/mol. The van der Waals surface area contributed by atoms with Crippen LogP contribution >= 0.6 is 35.3 Å². The van der Waals surface area contributed by atoms with Crippen molar-refractivity contribution in [2.75, 3.05) is 19.6 Å². The Kier molecular flexibility index (Phi) is 10.4. The van der Waals surface area contributed by atoms with E-state index in [1.54, 1.807) is 11.3 Å². The molecule has 0 aliphatic rings. The van der Waals surface area contributed by atoms with Gasteiger partial charge in [0, 0.05) is 25.6 Å². The number of thiophene rings is 1. The fourth-order valence-electron chi connectivity index (χ4n) is 1.47. The Labute approximate surface area is 131 Å². The molecule has 1 aromatic rings. The molecule has 0 aromatic carbocycles. The highest BCUT2D eigenvalue weighted by atomic mass is 127. The summed E-state index contributed by atoms with van der Waals surface area (Å²) in [6, 6.07) is 2.18. The van der Waals surface area contributed by atoms with Crippen molar-refractivity contribution in [3.63, 3.8) is 0 Å². The maximum Gasteiger partial charge on any atom is 0.191 e. The van der Waals surface area contributed by atoms with Crippen molar-refractivity contribution in [3.05, 3.63) is 22.4 Å². The molecule has 1 rings (SSSR count). The molecule has 0 aliphatic heterocycles. The van der Waals surface area contributed by atoms with Gasteiger partial charge >= 0.3 is 0 Å². The van der Waals surface area contributed by atoms with Gasteiger partial charge in [-0.1, -0.05) is 13.8 Å². The molecule has 3 nitrogen and oxygen atoms in total. The Hall–Kier alpha value is -0.300. The van der Waals surface area contributed by atoms with E-state index in [0.717, 1.165) is 32.0 Å². The molecule has 104 valence electrons. The molecule has 1 heterocycles. The molecule has 5 heteroatoms. The molecule has 18 heavy (non-hydrogen) atoms. The van der Waals surface area contributed by atoms with Crippen LogP contribution < -0.4 is 10.6 Å². The van der Waals surface area contributed by atoms with E-state index in [1.807, 2.05) is 0 Å². The lowest BCUT2D eigenvalue weighted by atomic mass is 10.1. The average Bonchev–Trinajstić information content (AvgIpc) is 2.86. The normalized spacial score (nSPS) is 12.7. The summed E-state index contributed by atoms with van der Waals surface area (Å²) in [7, 11) is 0. The van der Waals surface area contributed by atoms with Crippen LogP contribution in [0.1, 0.15) is 38.7 Å². The maximum absolute atomic E-state index is 4.61. The van der Waals surface area contributed by atoms with E-state index >= 15 is 0 Å². The zero-order chi connectivity index (χ0) is 12.5. The molecule has 0 fully saturated rings. The summed E-state index contributed by atoms with van der Waals surface area (Å²) in [5.74, 6) is 1.41. The number of nitrogens with one attached hydrogen (secondary N) is 2. The van der Waals surface area contributed by atoms with E-state index in [1.165, 1.54) is 5.56 Å². The number of guanidine groups is 1. The largest absolute Gasteiger partial charge is 0.357 e. The molecule has 0 amide bonds. The third-order valence-electron chi connectivity index (χ3n) is 2.52. The summed E-state index contributed by atoms with van der Waals surface area (Å²) >= 11 is 1.75. The van der Waals surface area contributed by atoms with Crippen LogP contribution in [0.2, 0.25) is 0 Å². The van der Waals surface area contributed by atoms with Crippen molar-refractivity contribution in [1.82, 2.24) is 10.6 Å². The Morgan fingerprint density at radius 1 is 1.39 bits per heavy atom. The summed E-state index contributed by atoms with van der Waals surface area (Å²) in [5, 5.41) is 10.9. The van der Waals surface area contributed by atoms with Gasteiger partial charge in [0.15, 0.2) is 5.96 Å². The summed E-state index contributed by atoms with van der Waals surface area (Å²) in [4.78, 5) is 4.61. The first kappa shape index (κ1) is 17.7. The quantitative estimate of drug-likeness (QED) is 0.450. The zero-order valence-electron chi connectivity index (χ0n) is 11.4. The van der Waals surface area contributed by atoms with Gasteiger partial charge in [0.1, 0.15) is 0 Å². The van der Waals surface area contributed by atoms with Gasteiger partial charge in [-0.2, -0.15) is 11.3 Å². The highest BCUT2D eigenvalue weighted by Gasteiger charge is 2.05. The van der Waals surface area contributed by atoms with E-state index in [0.29, 0.717) is 5.92 Å². The minimum absolute atomic E-state index is 0. The molecule has 0 aliphatic carbocycles. The first-order valence-corrected chi connectivity index (χ1v) is 7.26. The average molecular weight is 381 g/mol. The van der Waals surface area contributed by atoms with E-state index in [2.05, 4.69) is 53.2 Å². The Balaban J connectivity index is 0.00000289. The van der Waals surface area contributed by atoms with Crippen molar-refractivity contribution in [2.24, 2.45) is 4.99 Å². The van der Waals surface area contributed by atoms with E-state index in [-0.39, 0.29) is 24.0 Å². The van der Waals surface area contributed by atoms with Gasteiger partial charge in [0.25, 0.3) is 0 Å². The maximum atomic E-state index is 4.61. The highest BCUT2D eigenvalue weighted by Crippen LogP contribution is 2.18. The van der Waals surface area contributed by atoms with Gasteiger partial charge in [-0.05, 0) is 35.7 Å². The van der Waals surface area contributed by atoms with E-state index in [9.17, 15) is 0 Å². The summed E-state index contributed by atoms with van der Waals surface area (Å²) < 4.78 is 0. The van der Waals surface area contributed by atoms with Crippen LogP contribution in [-0.2, 0) is 0 Å². The lowest BCUT2D eigenvalue weighted by Crippen LogP contribution is -2.37. The van der Waals surface area contributed by atoms with E-state index in [4.69, 9.17) is 0 Å². The van der Waals surface area contributed by atoms with Gasteiger partial charge in [0.05, 0.1) is 0 Å². The van der Waals surface area contributed by atoms with Gasteiger partial charge < -0.3 is 10.6 Å². The minimum Gasteiger partial charge on any atom is -0.357 e. The number of hydrogen-bond acceptors (Lipinski definition) is 2. The van der Waals surface area contributed by atoms with Crippen LogP contribution in [0.4, 0.5) is 0 Å². The topological polar surface area (TPSA) is 36.4 Å². The number of hydrogen-bond donors (Lipinski definition) is 2. The van der Waals surface area contributed by atoms with Gasteiger partial charge in [0.2, 0.25) is 0 Å². The standard InChI is InChI=1S/C13H23N3S.HI/c1-4-7-15-13(14-5-2)16-9-11(3)12-6-8-17-10-12;/h6,8,10-11H,4-5,7,9H2,1-3H3,(H2,14,15,16);1H. The van der Waals surface area contributed by atoms with Gasteiger partial charge in [-0.25, -0.2) is 0 Å². The second kappa shape index (κ2) is 10.6. The van der Waals surface area contributed by atoms with Crippen LogP contribution in [0, 0.1) is 0 Å². The van der Waals surface area contributed by atoms with Crippen LogP contribution in [0.3, 0.4) is 0 Å². The van der Waals surface area contributed by atoms with Gasteiger partial charge in [-0.3, -0.25) is 4.99 Å². The molecule has 1 atom stereocenters. The van der Waals surface area contributed by atoms with Crippen LogP contribution in [-0.4, -0.2) is 25.6 Å². The Morgan fingerprint density at radius 3 is 2.72 bits per heavy atom. The second-order valence-electron chi connectivity index (χ2n) is 4.10. The lowest BCUT2D eigenvalue weighted by molar-refractivity contribution is 0.743. The molecule has 0 saturated carbocycles. The fraction of sp³-hybridized carbons (Fsp3) is 0.615. The Bertz CT molecular complexity index is 325. The molecule has 1 aromatic heterocycles. The van der Waals surface area contributed by atoms with E-state index < -0.39 is 0 Å². The summed E-state index contributed by atoms with van der Waals surface area (Å²) in [6.07, 6.45) is 1.12. The van der Waals surface area contributed by atoms with Crippen LogP contribution in [0.5, 0.6) is 0 Å². The van der Waals surface area contributed by atoms with Gasteiger partial charge in [-0.15, -0.1) is 24.0 Å². The van der Waals surface area contributed by atoms with Crippen molar-refractivity contribution in [2.45, 2.75) is 33.1 Å². The number of halogens is 1. The number of nitrogens with zero attached hydrogens (tertiary/aromatic N) is 1. The molecule has 0 saturated heterocycles. The first-order valence-electron chi connectivity index (χ1n) is 6.32. The molecule has 2 N–H and O–H groups in total. The zero-order valence-corrected chi connectivity index (χ0v) is 14.5. The monoisotopic (exact) mass is 381 g/mol. The van der Waals surface area contributed by atoms with Crippen molar-refractivity contribution >= 4 is 41.3 Å². The summed E-state index contributed by atoms with van der Waals surface area (Å²) in [5.41, 5.74) is 1.38. The minimum atomic E-state index is 0. The molecule has 0 radical (unpaired) electrons. The molecule has 1 unspecified atom stereocenters. The predicted octanol–water partition coefficient (Wildman–Crippen LogP) is 3.43. The molecule has 0 spiro atoms. The molecular formula is C13H24IN3S. The second-order valence-corrected chi connectivity index (χ2v) is 4.88. The van der Waals surface area contributed by atoms with Crippen LogP contribution in [0.15, 0.2) is 21.8 Å². The first-order chi connectivity index (χ1) is 8.27. The molecule has 0 bridgehead atoms. The van der Waals surface area contributed by atoms with Crippen LogP contribution in [0.25, 0.3) is 0 Å². The lowest BCUT2D eigenvalue weighted by Gasteiger charge is -2.12. The smallest absolute Gasteiger partial charge is 0.191 e. The fourth-order valence-corrected chi connectivity index (χ4v) is 2.26. The number of rotatable bonds is 6. The Morgan fingerprint density at radius 2 is 2.17 bits per heavy atom. The van der Waals surface area contributed by atoms with Crippen molar-refractivity contribution in [3.8, 4) is 0 Å². The third kappa shape index (κ3) is 6.58. The molecular weight excluding hydrogens is 357 g/mol. The highest BCUT2D eigenvalue weighted by molar-refractivity contribution is 14.0. The van der Waals surface area contributed by atoms with Crippen molar-refractivity contribution in [1.29, 1.82) is 0 Å². The SMILES string of the molecule is CCCNC(=NCC(C)c1ccsc1)NCC.I. The summed E-state index contributed by atoms with van der Waals surface area (Å²) in [6.45, 7) is 9.17. The van der Waals surface area contributed by atoms with Crippen molar-refractivity contribution < 1.29 is 0 Å². The third-order valence-corrected chi connectivity index (χ3v) is 3.22. The number of aliphatic imine (C=N–C) groups is 1.